The summed E-state index contributed by atoms with van der Waals surface area (Å²) >= 11 is 0. The number of anilines is 1. The Balaban J connectivity index is 1.78. The molecule has 20 heavy (non-hydrogen) atoms. The fourth-order valence-corrected chi connectivity index (χ4v) is 2.57. The molecule has 0 amide bonds. The fourth-order valence-electron chi connectivity index (χ4n) is 2.57. The molecule has 1 aliphatic rings. The molecule has 6 nitrogen and oxygen atoms in total. The van der Waals surface area contributed by atoms with E-state index in [9.17, 15) is 0 Å². The van der Waals surface area contributed by atoms with Crippen LogP contribution in [0.15, 0.2) is 6.20 Å². The van der Waals surface area contributed by atoms with E-state index in [1.807, 2.05) is 25.2 Å². The van der Waals surface area contributed by atoms with E-state index in [0.29, 0.717) is 6.10 Å². The van der Waals surface area contributed by atoms with Crippen molar-refractivity contribution in [2.45, 2.75) is 19.6 Å². The van der Waals surface area contributed by atoms with Gasteiger partial charge in [0.1, 0.15) is 0 Å². The number of ether oxygens (including phenoxy) is 1. The third-order valence-electron chi connectivity index (χ3n) is 3.81. The van der Waals surface area contributed by atoms with Gasteiger partial charge >= 0.3 is 0 Å². The van der Waals surface area contributed by atoms with Crippen molar-refractivity contribution in [1.82, 2.24) is 19.8 Å². The number of rotatable bonds is 6. The number of nitrogens with zero attached hydrogens (tertiary/aromatic N) is 4. The lowest BCUT2D eigenvalue weighted by Crippen LogP contribution is -2.46. The monoisotopic (exact) mass is 281 g/mol. The standard InChI is InChI=1S/C14H27N5O/c1-5-19-6-7-20-13(11-19)10-15-8-12-9-16-14(17(2)3)18(12)4/h9,13,15H,5-8,10-11H2,1-4H3. The molecular formula is C14H27N5O. The lowest BCUT2D eigenvalue weighted by molar-refractivity contribution is -0.0254. The number of aromatic nitrogens is 2. The average Bonchev–Trinajstić information content (AvgIpc) is 2.81. The smallest absolute Gasteiger partial charge is 0.204 e. The van der Waals surface area contributed by atoms with Crippen LogP contribution in [-0.2, 0) is 18.3 Å². The maximum atomic E-state index is 5.79. The topological polar surface area (TPSA) is 45.6 Å². The Morgan fingerprint density at radius 2 is 2.30 bits per heavy atom. The lowest BCUT2D eigenvalue weighted by atomic mass is 10.2. The number of nitrogens with one attached hydrogen (secondary N) is 1. The summed E-state index contributed by atoms with van der Waals surface area (Å²) < 4.78 is 7.90. The molecule has 1 atom stereocenters. The lowest BCUT2D eigenvalue weighted by Gasteiger charge is -2.32. The molecule has 1 aromatic rings. The molecule has 1 aromatic heterocycles. The van der Waals surface area contributed by atoms with Crippen LogP contribution in [0.25, 0.3) is 0 Å². The van der Waals surface area contributed by atoms with E-state index in [0.717, 1.165) is 45.3 Å². The van der Waals surface area contributed by atoms with Crippen LogP contribution in [0.2, 0.25) is 0 Å². The van der Waals surface area contributed by atoms with Gasteiger partial charge in [-0.15, -0.1) is 0 Å². The minimum absolute atomic E-state index is 0.297. The normalized spacial score (nSPS) is 20.3. The molecule has 1 aliphatic heterocycles. The number of morpholine rings is 1. The molecule has 1 fully saturated rings. The molecule has 0 bridgehead atoms. The molecule has 0 radical (unpaired) electrons. The SMILES string of the molecule is CCN1CCOC(CNCc2cnc(N(C)C)n2C)C1. The van der Waals surface area contributed by atoms with Gasteiger partial charge in [0.05, 0.1) is 24.6 Å². The molecule has 0 saturated carbocycles. The molecule has 1 saturated heterocycles. The van der Waals surface area contributed by atoms with Crippen LogP contribution in [0, 0.1) is 0 Å². The van der Waals surface area contributed by atoms with Crippen LogP contribution in [-0.4, -0.2) is 67.4 Å². The second kappa shape index (κ2) is 7.06. The summed E-state index contributed by atoms with van der Waals surface area (Å²) in [5, 5.41) is 3.48. The number of hydrogen-bond acceptors (Lipinski definition) is 5. The van der Waals surface area contributed by atoms with Gasteiger partial charge in [0.2, 0.25) is 5.95 Å². The predicted molar refractivity (Wildman–Crippen MR) is 81.1 cm³/mol. The summed E-state index contributed by atoms with van der Waals surface area (Å²) in [5.74, 6) is 0.980. The summed E-state index contributed by atoms with van der Waals surface area (Å²) in [6.45, 7) is 7.94. The minimum Gasteiger partial charge on any atom is -0.374 e. The van der Waals surface area contributed by atoms with E-state index >= 15 is 0 Å². The van der Waals surface area contributed by atoms with Crippen molar-refractivity contribution in [1.29, 1.82) is 0 Å². The van der Waals surface area contributed by atoms with Crippen LogP contribution in [0.5, 0.6) is 0 Å². The number of likely N-dealkylation sites (N-methyl/N-ethyl adjacent to an activating group) is 1. The molecule has 0 aliphatic carbocycles. The highest BCUT2D eigenvalue weighted by molar-refractivity contribution is 5.30. The first-order valence-electron chi connectivity index (χ1n) is 7.34. The van der Waals surface area contributed by atoms with Gasteiger partial charge in [0.15, 0.2) is 0 Å². The Morgan fingerprint density at radius 1 is 1.50 bits per heavy atom. The Morgan fingerprint density at radius 3 is 2.95 bits per heavy atom. The van der Waals surface area contributed by atoms with Crippen molar-refractivity contribution < 1.29 is 4.74 Å². The Kier molecular flexibility index (Phi) is 5.39. The Labute approximate surface area is 121 Å². The number of hydrogen-bond donors (Lipinski definition) is 1. The summed E-state index contributed by atoms with van der Waals surface area (Å²) in [6.07, 6.45) is 2.23. The van der Waals surface area contributed by atoms with Crippen molar-refractivity contribution in [3.05, 3.63) is 11.9 Å². The zero-order valence-corrected chi connectivity index (χ0v) is 13.1. The third kappa shape index (κ3) is 3.71. The molecule has 1 N–H and O–H groups in total. The highest BCUT2D eigenvalue weighted by atomic mass is 16.5. The zero-order chi connectivity index (χ0) is 14.5. The first-order chi connectivity index (χ1) is 9.61. The van der Waals surface area contributed by atoms with Crippen molar-refractivity contribution in [3.63, 3.8) is 0 Å². The fraction of sp³-hybridized carbons (Fsp3) is 0.786. The first kappa shape index (κ1) is 15.3. The third-order valence-corrected chi connectivity index (χ3v) is 3.81. The largest absolute Gasteiger partial charge is 0.374 e. The van der Waals surface area contributed by atoms with Crippen LogP contribution in [0.1, 0.15) is 12.6 Å². The maximum absolute atomic E-state index is 5.79. The van der Waals surface area contributed by atoms with Crippen molar-refractivity contribution >= 4 is 5.95 Å². The highest BCUT2D eigenvalue weighted by Crippen LogP contribution is 2.10. The van der Waals surface area contributed by atoms with E-state index in [2.05, 4.69) is 33.7 Å². The van der Waals surface area contributed by atoms with Crippen molar-refractivity contribution in [3.8, 4) is 0 Å². The zero-order valence-electron chi connectivity index (χ0n) is 13.1. The van der Waals surface area contributed by atoms with Crippen LogP contribution < -0.4 is 10.2 Å². The van der Waals surface area contributed by atoms with Gasteiger partial charge in [0, 0.05) is 47.3 Å². The molecule has 0 aromatic carbocycles. The second-order valence-electron chi connectivity index (χ2n) is 5.52. The quantitative estimate of drug-likeness (QED) is 0.812. The van der Waals surface area contributed by atoms with E-state index < -0.39 is 0 Å². The molecule has 114 valence electrons. The molecule has 0 spiro atoms. The van der Waals surface area contributed by atoms with Crippen molar-refractivity contribution in [2.75, 3.05) is 51.8 Å². The van der Waals surface area contributed by atoms with Gasteiger partial charge < -0.3 is 19.5 Å². The van der Waals surface area contributed by atoms with E-state index in [4.69, 9.17) is 4.74 Å². The van der Waals surface area contributed by atoms with Crippen LogP contribution in [0.4, 0.5) is 5.95 Å². The van der Waals surface area contributed by atoms with Gasteiger partial charge in [-0.3, -0.25) is 4.90 Å². The Bertz CT molecular complexity index is 418. The first-order valence-corrected chi connectivity index (χ1v) is 7.34. The van der Waals surface area contributed by atoms with E-state index in [1.54, 1.807) is 0 Å². The highest BCUT2D eigenvalue weighted by Gasteiger charge is 2.18. The maximum Gasteiger partial charge on any atom is 0.204 e. The summed E-state index contributed by atoms with van der Waals surface area (Å²) in [7, 11) is 6.07. The van der Waals surface area contributed by atoms with Gasteiger partial charge in [-0.1, -0.05) is 6.92 Å². The van der Waals surface area contributed by atoms with Gasteiger partial charge in [0.25, 0.3) is 0 Å². The van der Waals surface area contributed by atoms with Gasteiger partial charge in [-0.25, -0.2) is 4.98 Å². The predicted octanol–water partition coefficient (Wildman–Crippen LogP) is 0.296. The van der Waals surface area contributed by atoms with Crippen molar-refractivity contribution in [2.24, 2.45) is 7.05 Å². The Hall–Kier alpha value is -1.11. The van der Waals surface area contributed by atoms with Crippen LogP contribution in [0.3, 0.4) is 0 Å². The van der Waals surface area contributed by atoms with Crippen LogP contribution >= 0.6 is 0 Å². The molecule has 1 unspecified atom stereocenters. The van der Waals surface area contributed by atoms with E-state index in [1.165, 1.54) is 5.69 Å². The van der Waals surface area contributed by atoms with E-state index in [-0.39, 0.29) is 0 Å². The minimum atomic E-state index is 0.297. The molecular weight excluding hydrogens is 254 g/mol. The summed E-state index contributed by atoms with van der Waals surface area (Å²) in [4.78, 5) is 8.87. The average molecular weight is 281 g/mol. The molecule has 6 heteroatoms. The number of imidazole rings is 1. The molecule has 2 rings (SSSR count). The second-order valence-corrected chi connectivity index (χ2v) is 5.52. The summed E-state index contributed by atoms with van der Waals surface area (Å²) in [5.41, 5.74) is 1.19. The van der Waals surface area contributed by atoms with Gasteiger partial charge in [-0.05, 0) is 6.54 Å². The summed E-state index contributed by atoms with van der Waals surface area (Å²) in [6, 6.07) is 0. The molecule has 2 heterocycles. The van der Waals surface area contributed by atoms with Gasteiger partial charge in [-0.2, -0.15) is 0 Å².